The molecule has 2 rings (SSSR count). The molecule has 0 saturated carbocycles. The number of aliphatic hydroxyl groups excluding tert-OH is 1. The van der Waals surface area contributed by atoms with E-state index in [9.17, 15) is 5.11 Å². The molecule has 0 spiro atoms. The fourth-order valence-corrected chi connectivity index (χ4v) is 1.86. The van der Waals surface area contributed by atoms with Crippen molar-refractivity contribution in [3.05, 3.63) is 59.1 Å². The minimum atomic E-state index is -0.708. The predicted octanol–water partition coefficient (Wildman–Crippen LogP) is 3.46. The Morgan fingerprint density at radius 2 is 1.79 bits per heavy atom. The second kappa shape index (κ2) is 6.45. The Bertz CT molecular complexity index is 525. The van der Waals surface area contributed by atoms with E-state index in [0.29, 0.717) is 10.8 Å². The fourth-order valence-electron chi connectivity index (χ4n) is 1.66. The van der Waals surface area contributed by atoms with Crippen LogP contribution in [0.2, 0.25) is 5.02 Å². The molecule has 2 aromatic carbocycles. The number of rotatable bonds is 5. The van der Waals surface area contributed by atoms with Crippen LogP contribution in [0.25, 0.3) is 0 Å². The van der Waals surface area contributed by atoms with Gasteiger partial charge >= 0.3 is 0 Å². The van der Waals surface area contributed by atoms with Gasteiger partial charge in [-0.25, -0.2) is 0 Å². The van der Waals surface area contributed by atoms with Crippen LogP contribution in [0.3, 0.4) is 0 Å². The van der Waals surface area contributed by atoms with Crippen molar-refractivity contribution >= 4 is 11.6 Å². The van der Waals surface area contributed by atoms with E-state index in [-0.39, 0.29) is 6.61 Å². The number of aliphatic hydroxyl groups is 1. The summed E-state index contributed by atoms with van der Waals surface area (Å²) < 4.78 is 10.6. The van der Waals surface area contributed by atoms with Crippen LogP contribution in [-0.2, 0) is 0 Å². The maximum atomic E-state index is 10.00. The molecular weight excluding hydrogens is 264 g/mol. The first-order valence-corrected chi connectivity index (χ1v) is 6.27. The van der Waals surface area contributed by atoms with E-state index in [1.165, 1.54) is 0 Å². The van der Waals surface area contributed by atoms with E-state index in [1.54, 1.807) is 49.6 Å². The lowest BCUT2D eigenvalue weighted by Crippen LogP contribution is -2.09. The quantitative estimate of drug-likeness (QED) is 0.910. The zero-order valence-corrected chi connectivity index (χ0v) is 11.3. The van der Waals surface area contributed by atoms with Crippen LogP contribution in [0.5, 0.6) is 11.5 Å². The summed E-state index contributed by atoms with van der Waals surface area (Å²) in [6.45, 7) is 0.173. The van der Waals surface area contributed by atoms with E-state index in [4.69, 9.17) is 21.1 Å². The normalized spacial score (nSPS) is 11.9. The summed E-state index contributed by atoms with van der Waals surface area (Å²) in [6, 6.07) is 14.3. The third-order valence-electron chi connectivity index (χ3n) is 2.70. The summed E-state index contributed by atoms with van der Waals surface area (Å²) in [5.74, 6) is 1.45. The first kappa shape index (κ1) is 13.7. The van der Waals surface area contributed by atoms with Crippen LogP contribution in [0.1, 0.15) is 11.7 Å². The molecule has 0 heterocycles. The maximum Gasteiger partial charge on any atom is 0.119 e. The zero-order valence-electron chi connectivity index (χ0n) is 10.5. The smallest absolute Gasteiger partial charge is 0.119 e. The lowest BCUT2D eigenvalue weighted by molar-refractivity contribution is 0.108. The number of hydrogen-bond acceptors (Lipinski definition) is 3. The largest absolute Gasteiger partial charge is 0.497 e. The van der Waals surface area contributed by atoms with Crippen LogP contribution in [-0.4, -0.2) is 18.8 Å². The molecule has 3 nitrogen and oxygen atoms in total. The highest BCUT2D eigenvalue weighted by Crippen LogP contribution is 2.21. The topological polar surface area (TPSA) is 38.7 Å². The minimum Gasteiger partial charge on any atom is -0.497 e. The van der Waals surface area contributed by atoms with E-state index in [1.807, 2.05) is 6.07 Å². The Morgan fingerprint density at radius 1 is 1.11 bits per heavy atom. The van der Waals surface area contributed by atoms with Gasteiger partial charge in [0.1, 0.15) is 24.2 Å². The van der Waals surface area contributed by atoms with Gasteiger partial charge in [0, 0.05) is 5.02 Å². The molecule has 0 aliphatic heterocycles. The molecule has 2 aromatic rings. The molecule has 0 bridgehead atoms. The summed E-state index contributed by atoms with van der Waals surface area (Å²) in [7, 11) is 1.61. The summed E-state index contributed by atoms with van der Waals surface area (Å²) in [4.78, 5) is 0. The van der Waals surface area contributed by atoms with Gasteiger partial charge in [0.25, 0.3) is 0 Å². The Kier molecular flexibility index (Phi) is 4.66. The lowest BCUT2D eigenvalue weighted by atomic mass is 10.1. The second-order valence-electron chi connectivity index (χ2n) is 4.06. The van der Waals surface area contributed by atoms with Crippen LogP contribution >= 0.6 is 11.6 Å². The summed E-state index contributed by atoms with van der Waals surface area (Å²) >= 11 is 5.87. The van der Waals surface area contributed by atoms with Gasteiger partial charge < -0.3 is 14.6 Å². The molecule has 0 aliphatic rings. The van der Waals surface area contributed by atoms with Crippen LogP contribution < -0.4 is 9.47 Å². The van der Waals surface area contributed by atoms with Gasteiger partial charge in [0.15, 0.2) is 0 Å². The second-order valence-corrected chi connectivity index (χ2v) is 4.49. The summed E-state index contributed by atoms with van der Waals surface area (Å²) in [5.41, 5.74) is 0.737. The molecule has 4 heteroatoms. The predicted molar refractivity (Wildman–Crippen MR) is 74.9 cm³/mol. The summed E-state index contributed by atoms with van der Waals surface area (Å²) in [6.07, 6.45) is -0.708. The van der Waals surface area contributed by atoms with Crippen molar-refractivity contribution in [3.8, 4) is 11.5 Å². The number of ether oxygens (including phenoxy) is 2. The molecule has 1 N–H and O–H groups in total. The average molecular weight is 279 g/mol. The minimum absolute atomic E-state index is 0.173. The molecule has 0 amide bonds. The highest BCUT2D eigenvalue weighted by atomic mass is 35.5. The molecule has 19 heavy (non-hydrogen) atoms. The van der Waals surface area contributed by atoms with Gasteiger partial charge in [-0.2, -0.15) is 0 Å². The van der Waals surface area contributed by atoms with Crippen molar-refractivity contribution in [2.75, 3.05) is 13.7 Å². The first-order valence-electron chi connectivity index (χ1n) is 5.89. The molecule has 1 unspecified atom stereocenters. The monoisotopic (exact) mass is 278 g/mol. The highest BCUT2D eigenvalue weighted by Gasteiger charge is 2.08. The van der Waals surface area contributed by atoms with Crippen molar-refractivity contribution in [3.63, 3.8) is 0 Å². The Morgan fingerprint density at radius 3 is 2.42 bits per heavy atom. The molecule has 0 fully saturated rings. The van der Waals surface area contributed by atoms with Crippen molar-refractivity contribution < 1.29 is 14.6 Å². The molecule has 0 saturated heterocycles. The third-order valence-corrected chi connectivity index (χ3v) is 2.94. The number of methoxy groups -OCH3 is 1. The molecule has 1 atom stereocenters. The molecule has 100 valence electrons. The molecule has 0 aromatic heterocycles. The van der Waals surface area contributed by atoms with Gasteiger partial charge in [-0.15, -0.1) is 0 Å². The Balaban J connectivity index is 1.94. The Labute approximate surface area is 117 Å². The number of hydrogen-bond donors (Lipinski definition) is 1. The van der Waals surface area contributed by atoms with Gasteiger partial charge in [-0.05, 0) is 42.0 Å². The fraction of sp³-hybridized carbons (Fsp3) is 0.200. The van der Waals surface area contributed by atoms with Gasteiger partial charge in [0.2, 0.25) is 0 Å². The molecule has 0 radical (unpaired) electrons. The first-order chi connectivity index (χ1) is 9.19. The van der Waals surface area contributed by atoms with Crippen LogP contribution in [0, 0.1) is 0 Å². The van der Waals surface area contributed by atoms with Crippen molar-refractivity contribution in [2.45, 2.75) is 6.10 Å². The van der Waals surface area contributed by atoms with Crippen LogP contribution in [0.4, 0.5) is 0 Å². The third kappa shape index (κ3) is 3.88. The van der Waals surface area contributed by atoms with Crippen LogP contribution in [0.15, 0.2) is 48.5 Å². The van der Waals surface area contributed by atoms with E-state index in [2.05, 4.69) is 0 Å². The number of benzene rings is 2. The molecule has 0 aliphatic carbocycles. The van der Waals surface area contributed by atoms with Crippen molar-refractivity contribution in [2.24, 2.45) is 0 Å². The van der Waals surface area contributed by atoms with E-state index < -0.39 is 6.10 Å². The zero-order chi connectivity index (χ0) is 13.7. The highest BCUT2D eigenvalue weighted by molar-refractivity contribution is 6.30. The van der Waals surface area contributed by atoms with E-state index >= 15 is 0 Å². The van der Waals surface area contributed by atoms with Gasteiger partial charge in [0.05, 0.1) is 7.11 Å². The summed E-state index contributed by atoms with van der Waals surface area (Å²) in [5, 5.41) is 10.6. The van der Waals surface area contributed by atoms with Gasteiger partial charge in [-0.1, -0.05) is 23.7 Å². The lowest BCUT2D eigenvalue weighted by Gasteiger charge is -2.13. The average Bonchev–Trinajstić information content (AvgIpc) is 2.45. The van der Waals surface area contributed by atoms with Gasteiger partial charge in [-0.3, -0.25) is 0 Å². The molecular formula is C15H15ClO3. The maximum absolute atomic E-state index is 10.00. The van der Waals surface area contributed by atoms with Crippen molar-refractivity contribution in [1.29, 1.82) is 0 Å². The van der Waals surface area contributed by atoms with Crippen molar-refractivity contribution in [1.82, 2.24) is 0 Å². The van der Waals surface area contributed by atoms with E-state index in [0.717, 1.165) is 11.3 Å². The Hall–Kier alpha value is -1.71. The number of halogens is 1. The SMILES string of the molecule is COc1ccc(OCC(O)c2cccc(Cl)c2)cc1. The standard InChI is InChI=1S/C15H15ClO3/c1-18-13-5-7-14(8-6-13)19-10-15(17)11-3-2-4-12(16)9-11/h2-9,15,17H,10H2,1H3.